The first kappa shape index (κ1) is 24.0. The van der Waals surface area contributed by atoms with Crippen LogP contribution in [-0.2, 0) is 33.3 Å². The largest absolute Gasteiger partial charge is 0.381 e. The van der Waals surface area contributed by atoms with E-state index in [1.54, 1.807) is 0 Å². The molecule has 0 fully saturated rings. The fourth-order valence-electron chi connectivity index (χ4n) is 3.42. The molecule has 0 aliphatic carbocycles. The van der Waals surface area contributed by atoms with Crippen LogP contribution < -0.4 is 0 Å². The lowest BCUT2D eigenvalue weighted by molar-refractivity contribution is -0.0204. The number of aromatic nitrogens is 3. The van der Waals surface area contributed by atoms with Crippen LogP contribution in [0, 0.1) is 11.6 Å². The van der Waals surface area contributed by atoms with Gasteiger partial charge in [0, 0.05) is 11.6 Å². The molecule has 0 amide bonds. The van der Waals surface area contributed by atoms with Crippen molar-refractivity contribution in [2.24, 2.45) is 0 Å². The highest BCUT2D eigenvalue weighted by Gasteiger charge is 2.54. The average molecular weight is 466 g/mol. The minimum atomic E-state index is -4.05. The Labute approximate surface area is 185 Å². The first-order chi connectivity index (χ1) is 15.1. The van der Waals surface area contributed by atoms with Crippen LogP contribution >= 0.6 is 0 Å². The van der Waals surface area contributed by atoms with E-state index in [0.29, 0.717) is 6.07 Å². The van der Waals surface area contributed by atoms with Crippen molar-refractivity contribution in [1.29, 1.82) is 0 Å². The first-order valence-corrected chi connectivity index (χ1v) is 11.6. The van der Waals surface area contributed by atoms with Gasteiger partial charge in [-0.25, -0.2) is 26.9 Å². The maximum Gasteiger partial charge on any atom is 0.160 e. The van der Waals surface area contributed by atoms with Crippen molar-refractivity contribution in [2.45, 2.75) is 37.3 Å². The fraction of sp³-hybridized carbons (Fsp3) is 0.364. The van der Waals surface area contributed by atoms with E-state index in [0.717, 1.165) is 17.7 Å². The molecule has 1 aromatic heterocycles. The summed E-state index contributed by atoms with van der Waals surface area (Å²) in [4.78, 5) is 3.79. The van der Waals surface area contributed by atoms with Gasteiger partial charge in [-0.15, -0.1) is 0 Å². The van der Waals surface area contributed by atoms with Crippen LogP contribution in [0.1, 0.15) is 25.0 Å². The molecular formula is C22H25F2N3O4S. The maximum absolute atomic E-state index is 14.7. The van der Waals surface area contributed by atoms with Crippen LogP contribution in [0.2, 0.25) is 0 Å². The van der Waals surface area contributed by atoms with Gasteiger partial charge in [0.1, 0.15) is 34.6 Å². The van der Waals surface area contributed by atoms with Crippen LogP contribution in [0.25, 0.3) is 0 Å². The Balaban J connectivity index is 1.87. The van der Waals surface area contributed by atoms with E-state index < -0.39 is 44.1 Å². The Morgan fingerprint density at radius 1 is 1.12 bits per heavy atom. The lowest BCUT2D eigenvalue weighted by atomic mass is 9.82. The van der Waals surface area contributed by atoms with Gasteiger partial charge in [0.05, 0.1) is 25.5 Å². The molecule has 7 nitrogen and oxygen atoms in total. The minimum absolute atomic E-state index is 0.119. The van der Waals surface area contributed by atoms with E-state index in [2.05, 4.69) is 10.1 Å². The lowest BCUT2D eigenvalue weighted by Crippen LogP contribution is -2.56. The van der Waals surface area contributed by atoms with Crippen molar-refractivity contribution in [2.75, 3.05) is 12.4 Å². The van der Waals surface area contributed by atoms with E-state index in [9.17, 15) is 22.3 Å². The van der Waals surface area contributed by atoms with Gasteiger partial charge in [0.15, 0.2) is 9.84 Å². The summed E-state index contributed by atoms with van der Waals surface area (Å²) in [6, 6.07) is 11.9. The van der Waals surface area contributed by atoms with Crippen LogP contribution in [0.4, 0.5) is 8.78 Å². The second-order valence-electron chi connectivity index (χ2n) is 7.94. The number of hydrogen-bond donors (Lipinski definition) is 1. The fourth-order valence-corrected chi connectivity index (χ4v) is 4.96. The third-order valence-electron chi connectivity index (χ3n) is 5.62. The average Bonchev–Trinajstić information content (AvgIpc) is 3.24. The molecule has 3 aromatic rings. The molecule has 0 radical (unpaired) electrons. The summed E-state index contributed by atoms with van der Waals surface area (Å²) in [5, 5.41) is 15.6. The molecule has 0 unspecified atom stereocenters. The second-order valence-corrected chi connectivity index (χ2v) is 10.6. The highest BCUT2D eigenvalue weighted by molar-refractivity contribution is 7.92. The Hall–Kier alpha value is -2.69. The quantitative estimate of drug-likeness (QED) is 0.463. The SMILES string of the molecule is CC(C)([C@](O)(Cn1cncn1)c1ccc(F)cc1F)S(=O)(=O)CCOCc1ccccc1. The van der Waals surface area contributed by atoms with Crippen molar-refractivity contribution in [3.05, 3.63) is 83.9 Å². The predicted octanol–water partition coefficient (Wildman–Crippen LogP) is 2.85. The molecule has 1 N–H and O–H groups in total. The van der Waals surface area contributed by atoms with Gasteiger partial charge in [-0.2, -0.15) is 5.10 Å². The first-order valence-electron chi connectivity index (χ1n) is 9.91. The topological polar surface area (TPSA) is 94.3 Å². The third-order valence-corrected chi connectivity index (χ3v) is 8.21. The summed E-state index contributed by atoms with van der Waals surface area (Å²) < 4.78 is 59.7. The summed E-state index contributed by atoms with van der Waals surface area (Å²) in [7, 11) is -4.05. The molecule has 0 aliphatic heterocycles. The van der Waals surface area contributed by atoms with Crippen LogP contribution in [-0.4, -0.2) is 45.4 Å². The summed E-state index contributed by atoms with van der Waals surface area (Å²) in [6.07, 6.45) is 2.48. The number of aliphatic hydroxyl groups is 1. The smallest absolute Gasteiger partial charge is 0.160 e. The Morgan fingerprint density at radius 3 is 2.47 bits per heavy atom. The highest BCUT2D eigenvalue weighted by atomic mass is 32.2. The van der Waals surface area contributed by atoms with Gasteiger partial charge in [0.25, 0.3) is 0 Å². The van der Waals surface area contributed by atoms with Crippen LogP contribution in [0.5, 0.6) is 0 Å². The van der Waals surface area contributed by atoms with Gasteiger partial charge >= 0.3 is 0 Å². The summed E-state index contributed by atoms with van der Waals surface area (Å²) in [5.74, 6) is -2.31. The van der Waals surface area contributed by atoms with Gasteiger partial charge in [-0.3, -0.25) is 0 Å². The number of hydrogen-bond acceptors (Lipinski definition) is 6. The molecule has 0 spiro atoms. The molecule has 32 heavy (non-hydrogen) atoms. The van der Waals surface area contributed by atoms with Crippen molar-refractivity contribution in [1.82, 2.24) is 14.8 Å². The summed E-state index contributed by atoms with van der Waals surface area (Å²) in [6.45, 7) is 2.31. The molecule has 1 heterocycles. The molecule has 0 saturated carbocycles. The zero-order valence-electron chi connectivity index (χ0n) is 17.8. The summed E-state index contributed by atoms with van der Waals surface area (Å²) in [5.41, 5.74) is -1.75. The van der Waals surface area contributed by atoms with Crippen molar-refractivity contribution < 1.29 is 27.0 Å². The van der Waals surface area contributed by atoms with E-state index in [1.807, 2.05) is 30.3 Å². The number of nitrogens with zero attached hydrogens (tertiary/aromatic N) is 3. The van der Waals surface area contributed by atoms with Gasteiger partial charge in [-0.1, -0.05) is 36.4 Å². The number of halogens is 2. The van der Waals surface area contributed by atoms with Gasteiger partial charge < -0.3 is 9.84 Å². The summed E-state index contributed by atoms with van der Waals surface area (Å²) >= 11 is 0. The number of sulfone groups is 1. The van der Waals surface area contributed by atoms with E-state index >= 15 is 0 Å². The molecule has 3 rings (SSSR count). The number of rotatable bonds is 10. The second kappa shape index (κ2) is 9.43. The highest BCUT2D eigenvalue weighted by Crippen LogP contribution is 2.41. The Morgan fingerprint density at radius 2 is 1.84 bits per heavy atom. The molecule has 0 saturated heterocycles. The predicted molar refractivity (Wildman–Crippen MR) is 114 cm³/mol. The maximum atomic E-state index is 14.7. The van der Waals surface area contributed by atoms with Crippen LogP contribution in [0.15, 0.2) is 61.2 Å². The van der Waals surface area contributed by atoms with Crippen molar-refractivity contribution >= 4 is 9.84 Å². The Kier molecular flexibility index (Phi) is 7.06. The van der Waals surface area contributed by atoms with Gasteiger partial charge in [0.2, 0.25) is 0 Å². The molecule has 1 atom stereocenters. The van der Waals surface area contributed by atoms with E-state index in [4.69, 9.17) is 4.74 Å². The molecule has 2 aromatic carbocycles. The standard InChI is InChI=1S/C22H25F2N3O4S/c1-21(2,32(29,30)11-10-31-13-17-6-4-3-5-7-17)22(28,14-27-16-25-15-26-27)19-9-8-18(23)12-20(19)24/h3-9,12,15-16,28H,10-11,13-14H2,1-2H3/t22-/m0/s1. The molecular weight excluding hydrogens is 440 g/mol. The normalized spacial score (nSPS) is 14.3. The lowest BCUT2D eigenvalue weighted by Gasteiger charge is -2.42. The van der Waals surface area contributed by atoms with E-state index in [1.165, 1.54) is 31.2 Å². The van der Waals surface area contributed by atoms with Gasteiger partial charge in [-0.05, 0) is 25.5 Å². The zero-order valence-corrected chi connectivity index (χ0v) is 18.6. The van der Waals surface area contributed by atoms with Crippen LogP contribution in [0.3, 0.4) is 0 Å². The monoisotopic (exact) mass is 465 g/mol. The molecule has 0 bridgehead atoms. The third kappa shape index (κ3) is 4.87. The molecule has 172 valence electrons. The van der Waals surface area contributed by atoms with E-state index in [-0.39, 0.29) is 18.8 Å². The van der Waals surface area contributed by atoms with Crippen molar-refractivity contribution in [3.8, 4) is 0 Å². The van der Waals surface area contributed by atoms with Crippen molar-refractivity contribution in [3.63, 3.8) is 0 Å². The number of ether oxygens (including phenoxy) is 1. The molecule has 0 aliphatic rings. The minimum Gasteiger partial charge on any atom is -0.381 e. The number of benzene rings is 2. The molecule has 10 heteroatoms. The zero-order chi connectivity index (χ0) is 23.4. The Bertz CT molecular complexity index is 1140.